The van der Waals surface area contributed by atoms with E-state index in [0.29, 0.717) is 0 Å². The molecule has 1 rings (SSSR count). The van der Waals surface area contributed by atoms with Crippen LogP contribution in [0.1, 0.15) is 0 Å². The first kappa shape index (κ1) is 9.05. The standard InChI is InChI=1S/C3H2BBr2N3O2/c5-2-7-1(4(10)11)8-3(6)9-2/h10-11H. The topological polar surface area (TPSA) is 79.1 Å². The summed E-state index contributed by atoms with van der Waals surface area (Å²) in [5.41, 5.74) is -0.0984. The first-order chi connectivity index (χ1) is 5.09. The Kier molecular flexibility index (Phi) is 2.94. The second-order valence-corrected chi connectivity index (χ2v) is 3.02. The van der Waals surface area contributed by atoms with Crippen molar-refractivity contribution in [2.24, 2.45) is 0 Å². The molecule has 58 valence electrons. The molecule has 0 atom stereocenters. The van der Waals surface area contributed by atoms with Crippen LogP contribution in [0, 0.1) is 0 Å². The third-order valence-corrected chi connectivity index (χ3v) is 1.54. The normalized spacial score (nSPS) is 9.82. The Bertz CT molecular complexity index is 251. The molecular weight excluding hydrogens is 281 g/mol. The van der Waals surface area contributed by atoms with Crippen LogP contribution in [0.4, 0.5) is 0 Å². The second kappa shape index (κ2) is 3.57. The summed E-state index contributed by atoms with van der Waals surface area (Å²) in [7, 11) is -1.68. The SMILES string of the molecule is OB(O)c1nc(Br)nc(Br)n1. The van der Waals surface area contributed by atoms with Gasteiger partial charge in [-0.3, -0.25) is 0 Å². The molecule has 8 heteroatoms. The van der Waals surface area contributed by atoms with Gasteiger partial charge in [-0.1, -0.05) is 0 Å². The van der Waals surface area contributed by atoms with Crippen LogP contribution in [0.2, 0.25) is 0 Å². The minimum absolute atomic E-state index is 0.0984. The maximum Gasteiger partial charge on any atom is 0.528 e. The van der Waals surface area contributed by atoms with Crippen LogP contribution >= 0.6 is 31.9 Å². The van der Waals surface area contributed by atoms with Gasteiger partial charge in [-0.25, -0.2) is 9.97 Å². The minimum atomic E-state index is -1.68. The van der Waals surface area contributed by atoms with Crippen LogP contribution in [-0.4, -0.2) is 32.1 Å². The van der Waals surface area contributed by atoms with E-state index >= 15 is 0 Å². The lowest BCUT2D eigenvalue weighted by atomic mass is 9.91. The van der Waals surface area contributed by atoms with Crippen LogP contribution in [-0.2, 0) is 0 Å². The maximum atomic E-state index is 8.63. The van der Waals surface area contributed by atoms with Crippen molar-refractivity contribution in [2.45, 2.75) is 0 Å². The molecular formula is C3H2BBr2N3O2. The molecule has 0 bridgehead atoms. The molecule has 5 nitrogen and oxygen atoms in total. The van der Waals surface area contributed by atoms with Crippen molar-refractivity contribution >= 4 is 44.7 Å². The molecule has 2 N–H and O–H groups in total. The Hall–Kier alpha value is -0.0451. The van der Waals surface area contributed by atoms with Crippen molar-refractivity contribution in [1.82, 2.24) is 15.0 Å². The Morgan fingerprint density at radius 2 is 1.45 bits per heavy atom. The van der Waals surface area contributed by atoms with Gasteiger partial charge in [0.2, 0.25) is 0 Å². The number of aromatic nitrogens is 3. The Morgan fingerprint density at radius 1 is 1.00 bits per heavy atom. The summed E-state index contributed by atoms with van der Waals surface area (Å²) in [4.78, 5) is 10.9. The number of nitrogens with zero attached hydrogens (tertiary/aromatic N) is 3. The molecule has 0 saturated carbocycles. The van der Waals surface area contributed by atoms with Crippen molar-refractivity contribution < 1.29 is 10.0 Å². The summed E-state index contributed by atoms with van der Waals surface area (Å²) in [6, 6.07) is 0. The van der Waals surface area contributed by atoms with Crippen molar-refractivity contribution in [3.63, 3.8) is 0 Å². The molecule has 0 fully saturated rings. The zero-order chi connectivity index (χ0) is 8.43. The molecule has 0 spiro atoms. The van der Waals surface area contributed by atoms with E-state index in [1.165, 1.54) is 0 Å². The van der Waals surface area contributed by atoms with E-state index in [1.807, 2.05) is 0 Å². The molecule has 0 radical (unpaired) electrons. The van der Waals surface area contributed by atoms with E-state index in [1.54, 1.807) is 0 Å². The van der Waals surface area contributed by atoms with Crippen LogP contribution in [0.15, 0.2) is 9.47 Å². The monoisotopic (exact) mass is 281 g/mol. The van der Waals surface area contributed by atoms with Gasteiger partial charge in [-0.15, -0.1) is 0 Å². The van der Waals surface area contributed by atoms with Crippen molar-refractivity contribution in [2.75, 3.05) is 0 Å². The highest BCUT2D eigenvalue weighted by atomic mass is 79.9. The highest BCUT2D eigenvalue weighted by molar-refractivity contribution is 9.11. The van der Waals surface area contributed by atoms with Gasteiger partial charge in [0.25, 0.3) is 0 Å². The molecule has 0 amide bonds. The van der Waals surface area contributed by atoms with E-state index in [9.17, 15) is 0 Å². The fourth-order valence-corrected chi connectivity index (χ4v) is 1.39. The van der Waals surface area contributed by atoms with Crippen molar-refractivity contribution in [3.05, 3.63) is 9.47 Å². The molecule has 0 aliphatic rings. The lowest BCUT2D eigenvalue weighted by molar-refractivity contribution is 0.422. The Balaban J connectivity index is 3.08. The van der Waals surface area contributed by atoms with Crippen LogP contribution in [0.3, 0.4) is 0 Å². The van der Waals surface area contributed by atoms with Gasteiger partial charge < -0.3 is 10.0 Å². The van der Waals surface area contributed by atoms with Crippen LogP contribution < -0.4 is 5.72 Å². The molecule has 0 aromatic carbocycles. The number of hydrogen-bond donors (Lipinski definition) is 2. The summed E-state index contributed by atoms with van der Waals surface area (Å²) in [6.45, 7) is 0. The molecule has 1 aromatic heterocycles. The van der Waals surface area contributed by atoms with Gasteiger partial charge >= 0.3 is 7.12 Å². The molecule has 1 aromatic rings. The highest BCUT2D eigenvalue weighted by Crippen LogP contribution is 2.03. The molecule has 0 unspecified atom stereocenters. The largest absolute Gasteiger partial charge is 0.528 e. The Morgan fingerprint density at radius 3 is 1.82 bits per heavy atom. The first-order valence-corrected chi connectivity index (χ1v) is 4.11. The van der Waals surface area contributed by atoms with Gasteiger partial charge in [0.1, 0.15) is 0 Å². The van der Waals surface area contributed by atoms with E-state index < -0.39 is 7.12 Å². The highest BCUT2D eigenvalue weighted by Gasteiger charge is 2.16. The lowest BCUT2D eigenvalue weighted by Gasteiger charge is -1.97. The zero-order valence-electron chi connectivity index (χ0n) is 5.07. The quantitative estimate of drug-likeness (QED) is 0.651. The van der Waals surface area contributed by atoms with E-state index in [-0.39, 0.29) is 15.2 Å². The van der Waals surface area contributed by atoms with Gasteiger partial charge in [0.05, 0.1) is 0 Å². The predicted octanol–water partition coefficient (Wildman–Crippen LogP) is -0.924. The fraction of sp³-hybridized carbons (Fsp3) is 0. The minimum Gasteiger partial charge on any atom is -0.421 e. The summed E-state index contributed by atoms with van der Waals surface area (Å²) >= 11 is 5.93. The Labute approximate surface area is 79.3 Å². The molecule has 0 aliphatic heterocycles. The average Bonchev–Trinajstić information content (AvgIpc) is 1.85. The third kappa shape index (κ3) is 2.47. The second-order valence-electron chi connectivity index (χ2n) is 1.61. The fourth-order valence-electron chi connectivity index (χ4n) is 0.456. The summed E-state index contributed by atoms with van der Waals surface area (Å²) in [5.74, 6) is 0. The molecule has 0 saturated heterocycles. The number of hydrogen-bond acceptors (Lipinski definition) is 5. The molecule has 0 aliphatic carbocycles. The molecule has 11 heavy (non-hydrogen) atoms. The maximum absolute atomic E-state index is 8.63. The van der Waals surface area contributed by atoms with E-state index in [4.69, 9.17) is 10.0 Å². The van der Waals surface area contributed by atoms with Crippen molar-refractivity contribution in [1.29, 1.82) is 0 Å². The number of halogens is 2. The van der Waals surface area contributed by atoms with Crippen LogP contribution in [0.25, 0.3) is 0 Å². The zero-order valence-corrected chi connectivity index (χ0v) is 8.24. The predicted molar refractivity (Wildman–Crippen MR) is 45.1 cm³/mol. The van der Waals surface area contributed by atoms with Gasteiger partial charge in [-0.05, 0) is 31.9 Å². The van der Waals surface area contributed by atoms with Crippen LogP contribution in [0.5, 0.6) is 0 Å². The van der Waals surface area contributed by atoms with Gasteiger partial charge in [-0.2, -0.15) is 4.98 Å². The summed E-state index contributed by atoms with van der Waals surface area (Å²) in [6.07, 6.45) is 0. The van der Waals surface area contributed by atoms with Gasteiger partial charge in [0.15, 0.2) is 15.2 Å². The third-order valence-electron chi connectivity index (χ3n) is 0.829. The van der Waals surface area contributed by atoms with Gasteiger partial charge in [0, 0.05) is 0 Å². The van der Waals surface area contributed by atoms with E-state index in [0.717, 1.165) is 0 Å². The molecule has 1 heterocycles. The summed E-state index contributed by atoms with van der Waals surface area (Å²) in [5, 5.41) is 17.3. The smallest absolute Gasteiger partial charge is 0.421 e. The number of rotatable bonds is 1. The average molecular weight is 283 g/mol. The van der Waals surface area contributed by atoms with Crippen molar-refractivity contribution in [3.8, 4) is 0 Å². The van der Waals surface area contributed by atoms with E-state index in [2.05, 4.69) is 46.8 Å². The first-order valence-electron chi connectivity index (χ1n) is 2.52. The summed E-state index contributed by atoms with van der Waals surface area (Å²) < 4.78 is 0.505. The lowest BCUT2D eigenvalue weighted by Crippen LogP contribution is -2.36.